The number of hydrogen-bond donors (Lipinski definition) is 1. The molecule has 0 unspecified atom stereocenters. The fourth-order valence-corrected chi connectivity index (χ4v) is 3.68. The monoisotopic (exact) mass is 347 g/mol. The number of fused-ring (bicyclic) bond motifs is 1. The van der Waals surface area contributed by atoms with Crippen LogP contribution in [0, 0.1) is 5.92 Å². The summed E-state index contributed by atoms with van der Waals surface area (Å²) in [6.45, 7) is 5.99. The van der Waals surface area contributed by atoms with Gasteiger partial charge < -0.3 is 15.1 Å². The van der Waals surface area contributed by atoms with Crippen molar-refractivity contribution in [3.05, 3.63) is 23.8 Å². The molecule has 1 aromatic carbocycles. The lowest BCUT2D eigenvalue weighted by Gasteiger charge is -2.35. The third-order valence-corrected chi connectivity index (χ3v) is 5.31. The van der Waals surface area contributed by atoms with Gasteiger partial charge in [-0.2, -0.15) is 0 Å². The Morgan fingerprint density at radius 2 is 1.79 bits per heavy atom. The highest BCUT2D eigenvalue weighted by Gasteiger charge is 2.26. The number of anilines is 1. The summed E-state index contributed by atoms with van der Waals surface area (Å²) in [7, 11) is 0. The lowest BCUT2D eigenvalue weighted by molar-refractivity contribution is -0.135. The maximum atomic E-state index is 12.7. The Labute approximate surface area is 145 Å². The predicted molar refractivity (Wildman–Crippen MR) is 93.1 cm³/mol. The third-order valence-electron chi connectivity index (χ3n) is 4.23. The quantitative estimate of drug-likeness (QED) is 0.884. The lowest BCUT2D eigenvalue weighted by Crippen LogP contribution is -2.51. The Balaban J connectivity index is 1.67. The van der Waals surface area contributed by atoms with Crippen molar-refractivity contribution < 1.29 is 14.4 Å². The number of thioether (sulfide) groups is 1. The SMILES string of the molecule is CC(C)C(=O)N1CCN(C(=O)c2ccc3c(c2)NC(=O)CS3)CC1. The second kappa shape index (κ2) is 6.84. The average Bonchev–Trinajstić information content (AvgIpc) is 2.59. The molecule has 1 saturated heterocycles. The highest BCUT2D eigenvalue weighted by Crippen LogP contribution is 2.32. The standard InChI is InChI=1S/C17H21N3O3S/c1-11(2)16(22)19-5-7-20(8-6-19)17(23)12-3-4-14-13(9-12)18-15(21)10-24-14/h3-4,9,11H,5-8,10H2,1-2H3,(H,18,21). The number of carbonyl (C=O) groups is 3. The zero-order valence-electron chi connectivity index (χ0n) is 13.9. The fraction of sp³-hybridized carbons (Fsp3) is 0.471. The lowest BCUT2D eigenvalue weighted by atomic mass is 10.1. The van der Waals surface area contributed by atoms with E-state index in [1.165, 1.54) is 11.8 Å². The van der Waals surface area contributed by atoms with E-state index in [1.807, 2.05) is 24.8 Å². The molecule has 0 bridgehead atoms. The van der Waals surface area contributed by atoms with E-state index in [-0.39, 0.29) is 23.6 Å². The molecule has 0 aromatic heterocycles. The van der Waals surface area contributed by atoms with Crippen LogP contribution < -0.4 is 5.32 Å². The number of benzene rings is 1. The molecule has 0 radical (unpaired) electrons. The molecule has 128 valence electrons. The van der Waals surface area contributed by atoms with Crippen molar-refractivity contribution in [2.45, 2.75) is 18.7 Å². The van der Waals surface area contributed by atoms with Gasteiger partial charge in [-0.15, -0.1) is 11.8 Å². The van der Waals surface area contributed by atoms with Crippen LogP contribution in [-0.2, 0) is 9.59 Å². The summed E-state index contributed by atoms with van der Waals surface area (Å²) >= 11 is 1.48. The molecule has 24 heavy (non-hydrogen) atoms. The second-order valence-electron chi connectivity index (χ2n) is 6.32. The largest absolute Gasteiger partial charge is 0.339 e. The Morgan fingerprint density at radius 3 is 2.46 bits per heavy atom. The Bertz CT molecular complexity index is 682. The molecule has 0 spiro atoms. The summed E-state index contributed by atoms with van der Waals surface area (Å²) < 4.78 is 0. The van der Waals surface area contributed by atoms with Crippen molar-refractivity contribution >= 4 is 35.2 Å². The number of hydrogen-bond acceptors (Lipinski definition) is 4. The van der Waals surface area contributed by atoms with E-state index < -0.39 is 0 Å². The molecule has 0 aliphatic carbocycles. The van der Waals surface area contributed by atoms with Crippen LogP contribution in [0.25, 0.3) is 0 Å². The van der Waals surface area contributed by atoms with E-state index in [9.17, 15) is 14.4 Å². The van der Waals surface area contributed by atoms with Crippen molar-refractivity contribution in [3.63, 3.8) is 0 Å². The van der Waals surface area contributed by atoms with Gasteiger partial charge in [0.15, 0.2) is 0 Å². The Hall–Kier alpha value is -2.02. The molecule has 2 aliphatic heterocycles. The number of amides is 3. The van der Waals surface area contributed by atoms with Crippen molar-refractivity contribution in [2.75, 3.05) is 37.2 Å². The fourth-order valence-electron chi connectivity index (χ4n) is 2.89. The molecule has 3 amide bonds. The van der Waals surface area contributed by atoms with Gasteiger partial charge in [-0.25, -0.2) is 0 Å². The predicted octanol–water partition coefficient (Wildman–Crippen LogP) is 1.67. The maximum Gasteiger partial charge on any atom is 0.254 e. The summed E-state index contributed by atoms with van der Waals surface area (Å²) in [5, 5.41) is 2.81. The highest BCUT2D eigenvalue weighted by molar-refractivity contribution is 8.00. The van der Waals surface area contributed by atoms with Crippen LogP contribution in [0.4, 0.5) is 5.69 Å². The van der Waals surface area contributed by atoms with Crippen LogP contribution in [0.2, 0.25) is 0 Å². The van der Waals surface area contributed by atoms with Gasteiger partial charge in [0.2, 0.25) is 11.8 Å². The van der Waals surface area contributed by atoms with Crippen molar-refractivity contribution in [1.29, 1.82) is 0 Å². The van der Waals surface area contributed by atoms with E-state index in [0.717, 1.165) is 4.90 Å². The second-order valence-corrected chi connectivity index (χ2v) is 7.34. The van der Waals surface area contributed by atoms with Crippen molar-refractivity contribution in [3.8, 4) is 0 Å². The number of carbonyl (C=O) groups excluding carboxylic acids is 3. The number of nitrogens with zero attached hydrogens (tertiary/aromatic N) is 2. The van der Waals surface area contributed by atoms with Gasteiger partial charge in [-0.1, -0.05) is 13.8 Å². The molecule has 3 rings (SSSR count). The number of nitrogens with one attached hydrogen (secondary N) is 1. The minimum absolute atomic E-state index is 0.0194. The summed E-state index contributed by atoms with van der Waals surface area (Å²) in [4.78, 5) is 40.8. The van der Waals surface area contributed by atoms with Crippen LogP contribution in [0.15, 0.2) is 23.1 Å². The summed E-state index contributed by atoms with van der Waals surface area (Å²) in [5.74, 6) is 0.424. The van der Waals surface area contributed by atoms with Gasteiger partial charge in [-0.3, -0.25) is 14.4 Å². The van der Waals surface area contributed by atoms with E-state index in [2.05, 4.69) is 5.32 Å². The minimum atomic E-state index is -0.0562. The molecule has 1 N–H and O–H groups in total. The molecule has 1 aromatic rings. The minimum Gasteiger partial charge on any atom is -0.339 e. The van der Waals surface area contributed by atoms with Crippen LogP contribution >= 0.6 is 11.8 Å². The summed E-state index contributed by atoms with van der Waals surface area (Å²) in [5.41, 5.74) is 1.27. The summed E-state index contributed by atoms with van der Waals surface area (Å²) in [6.07, 6.45) is 0. The first-order valence-electron chi connectivity index (χ1n) is 8.10. The normalized spacial score (nSPS) is 17.5. The van der Waals surface area contributed by atoms with E-state index >= 15 is 0 Å². The Kier molecular flexibility index (Phi) is 4.80. The molecular formula is C17H21N3O3S. The van der Waals surface area contributed by atoms with E-state index in [1.54, 1.807) is 17.0 Å². The first-order chi connectivity index (χ1) is 11.5. The van der Waals surface area contributed by atoms with E-state index in [0.29, 0.717) is 43.2 Å². The topological polar surface area (TPSA) is 69.7 Å². The van der Waals surface area contributed by atoms with Gasteiger partial charge in [0.1, 0.15) is 0 Å². The first kappa shape index (κ1) is 16.8. The molecule has 2 aliphatic rings. The van der Waals surface area contributed by atoms with Crippen molar-refractivity contribution in [1.82, 2.24) is 9.80 Å². The molecule has 7 heteroatoms. The van der Waals surface area contributed by atoms with E-state index in [4.69, 9.17) is 0 Å². The van der Waals surface area contributed by atoms with Crippen LogP contribution in [0.5, 0.6) is 0 Å². The zero-order chi connectivity index (χ0) is 17.3. The Morgan fingerprint density at radius 1 is 1.12 bits per heavy atom. The molecule has 6 nitrogen and oxygen atoms in total. The molecule has 0 atom stereocenters. The third kappa shape index (κ3) is 3.40. The first-order valence-corrected chi connectivity index (χ1v) is 9.09. The van der Waals surface area contributed by atoms with Crippen molar-refractivity contribution in [2.24, 2.45) is 5.92 Å². The molecule has 0 saturated carbocycles. The highest BCUT2D eigenvalue weighted by atomic mass is 32.2. The number of piperazine rings is 1. The average molecular weight is 347 g/mol. The summed E-state index contributed by atoms with van der Waals surface area (Å²) in [6, 6.07) is 5.43. The van der Waals surface area contributed by atoms with Gasteiger partial charge in [-0.05, 0) is 18.2 Å². The van der Waals surface area contributed by atoms with Gasteiger partial charge in [0.25, 0.3) is 5.91 Å². The molecule has 2 heterocycles. The van der Waals surface area contributed by atoms with Gasteiger partial charge in [0.05, 0.1) is 11.4 Å². The molecular weight excluding hydrogens is 326 g/mol. The maximum absolute atomic E-state index is 12.7. The van der Waals surface area contributed by atoms with Crippen LogP contribution in [0.3, 0.4) is 0 Å². The van der Waals surface area contributed by atoms with Crippen LogP contribution in [-0.4, -0.2) is 59.5 Å². The number of rotatable bonds is 2. The smallest absolute Gasteiger partial charge is 0.254 e. The van der Waals surface area contributed by atoms with Gasteiger partial charge in [0, 0.05) is 42.6 Å². The molecule has 1 fully saturated rings. The zero-order valence-corrected chi connectivity index (χ0v) is 14.7. The van der Waals surface area contributed by atoms with Crippen LogP contribution in [0.1, 0.15) is 24.2 Å². The van der Waals surface area contributed by atoms with Gasteiger partial charge >= 0.3 is 0 Å².